The summed E-state index contributed by atoms with van der Waals surface area (Å²) in [6, 6.07) is 1.56. The molecule has 0 bridgehead atoms. The summed E-state index contributed by atoms with van der Waals surface area (Å²) in [6.45, 7) is 0.893. The summed E-state index contributed by atoms with van der Waals surface area (Å²) < 4.78 is 0. The second kappa shape index (κ2) is 13.2. The van der Waals surface area contributed by atoms with Crippen LogP contribution in [0, 0.1) is 5.92 Å². The molecule has 1 aliphatic carbocycles. The maximum Gasteiger partial charge on any atom is 0.326 e. The van der Waals surface area contributed by atoms with E-state index in [9.17, 15) is 19.5 Å². The summed E-state index contributed by atoms with van der Waals surface area (Å²) in [5.74, 6) is -0.941. The highest BCUT2D eigenvalue weighted by Gasteiger charge is 2.27. The molecular formula is C21H34N4O4S. The molecular weight excluding hydrogens is 404 g/mol. The Morgan fingerprint density at radius 1 is 1.13 bits per heavy atom. The Labute approximate surface area is 182 Å². The minimum atomic E-state index is -1.09. The molecule has 8 nitrogen and oxygen atoms in total. The molecule has 0 aromatic carbocycles. The molecule has 0 saturated heterocycles. The molecule has 1 aliphatic rings. The molecule has 0 spiro atoms. The second-order valence-electron chi connectivity index (χ2n) is 7.88. The highest BCUT2D eigenvalue weighted by molar-refractivity contribution is 7.09. The van der Waals surface area contributed by atoms with Gasteiger partial charge in [0.15, 0.2) is 0 Å². The van der Waals surface area contributed by atoms with Crippen LogP contribution in [0.15, 0.2) is 17.5 Å². The van der Waals surface area contributed by atoms with E-state index < -0.39 is 24.1 Å². The standard InChI is InChI=1S/C21H34N4O4S/c22-11-5-4-10-17(20(27)28)24-21(29)25-18(13-15-7-2-1-3-8-15)19(26)23-14-16-9-6-12-30-16/h6,9,12,15,17-18H,1-5,7-8,10-11,13-14,22H2,(H,23,26)(H,27,28)(H2,24,25,29)/t17-,18+/m0/s1. The molecule has 2 atom stereocenters. The van der Waals surface area contributed by atoms with Crippen LogP contribution in [-0.2, 0) is 16.1 Å². The number of hydrogen-bond acceptors (Lipinski definition) is 5. The van der Waals surface area contributed by atoms with E-state index in [1.54, 1.807) is 11.3 Å². The Kier molecular flexibility index (Phi) is 10.6. The summed E-state index contributed by atoms with van der Waals surface area (Å²) in [5, 5.41) is 19.4. The van der Waals surface area contributed by atoms with Crippen molar-refractivity contribution >= 4 is 29.2 Å². The zero-order chi connectivity index (χ0) is 21.8. The maximum atomic E-state index is 12.8. The van der Waals surface area contributed by atoms with Crippen LogP contribution in [-0.4, -0.2) is 41.6 Å². The fraction of sp³-hybridized carbons (Fsp3) is 0.667. The average molecular weight is 439 g/mol. The molecule has 1 saturated carbocycles. The number of nitrogens with two attached hydrogens (primary N) is 1. The number of amides is 3. The molecule has 1 heterocycles. The van der Waals surface area contributed by atoms with Crippen molar-refractivity contribution in [3.05, 3.63) is 22.4 Å². The van der Waals surface area contributed by atoms with Crippen LogP contribution in [0.25, 0.3) is 0 Å². The van der Waals surface area contributed by atoms with Gasteiger partial charge >= 0.3 is 12.0 Å². The number of nitrogens with one attached hydrogen (secondary N) is 3. The van der Waals surface area contributed by atoms with Gasteiger partial charge in [0, 0.05) is 4.88 Å². The topological polar surface area (TPSA) is 134 Å². The number of carbonyl (C=O) groups excluding carboxylic acids is 2. The van der Waals surface area contributed by atoms with Gasteiger partial charge in [0.25, 0.3) is 0 Å². The fourth-order valence-corrected chi connectivity index (χ4v) is 4.45. The van der Waals surface area contributed by atoms with Crippen molar-refractivity contribution < 1.29 is 19.5 Å². The van der Waals surface area contributed by atoms with Crippen LogP contribution >= 0.6 is 11.3 Å². The number of thiophene rings is 1. The van der Waals surface area contributed by atoms with E-state index in [4.69, 9.17) is 5.73 Å². The fourth-order valence-electron chi connectivity index (χ4n) is 3.81. The third-order valence-electron chi connectivity index (χ3n) is 5.48. The summed E-state index contributed by atoms with van der Waals surface area (Å²) in [6.07, 6.45) is 7.77. The molecule has 1 aromatic rings. The molecule has 30 heavy (non-hydrogen) atoms. The molecule has 0 radical (unpaired) electrons. The number of urea groups is 1. The predicted molar refractivity (Wildman–Crippen MR) is 117 cm³/mol. The minimum absolute atomic E-state index is 0.237. The van der Waals surface area contributed by atoms with Crippen molar-refractivity contribution in [2.24, 2.45) is 11.7 Å². The van der Waals surface area contributed by atoms with E-state index in [1.165, 1.54) is 6.42 Å². The van der Waals surface area contributed by atoms with Crippen LogP contribution in [0.4, 0.5) is 4.79 Å². The van der Waals surface area contributed by atoms with Gasteiger partial charge in [0.2, 0.25) is 5.91 Å². The number of rotatable bonds is 12. The van der Waals surface area contributed by atoms with Gasteiger partial charge < -0.3 is 26.8 Å². The largest absolute Gasteiger partial charge is 0.480 e. The SMILES string of the molecule is NCCCC[C@H](NC(=O)N[C@H](CC1CCCCC1)C(=O)NCc1cccs1)C(=O)O. The first-order valence-electron chi connectivity index (χ1n) is 10.8. The molecule has 1 aromatic heterocycles. The van der Waals surface area contributed by atoms with Crippen LogP contribution in [0.5, 0.6) is 0 Å². The molecule has 2 rings (SSSR count). The summed E-state index contributed by atoms with van der Waals surface area (Å²) in [7, 11) is 0. The quantitative estimate of drug-likeness (QED) is 0.320. The Morgan fingerprint density at radius 2 is 1.87 bits per heavy atom. The lowest BCUT2D eigenvalue weighted by Gasteiger charge is -2.27. The molecule has 168 valence electrons. The number of aliphatic carboxylic acids is 1. The van der Waals surface area contributed by atoms with Crippen molar-refractivity contribution in [3.63, 3.8) is 0 Å². The number of carboxylic acids is 1. The first kappa shape index (κ1) is 24.1. The van der Waals surface area contributed by atoms with Crippen LogP contribution in [0.3, 0.4) is 0 Å². The van der Waals surface area contributed by atoms with Crippen molar-refractivity contribution in [2.45, 2.75) is 76.4 Å². The smallest absolute Gasteiger partial charge is 0.326 e. The van der Waals surface area contributed by atoms with Gasteiger partial charge in [-0.05, 0) is 49.6 Å². The van der Waals surface area contributed by atoms with Gasteiger partial charge in [-0.2, -0.15) is 0 Å². The molecule has 9 heteroatoms. The molecule has 6 N–H and O–H groups in total. The first-order valence-corrected chi connectivity index (χ1v) is 11.7. The summed E-state index contributed by atoms with van der Waals surface area (Å²) in [4.78, 5) is 37.8. The van der Waals surface area contributed by atoms with Crippen molar-refractivity contribution in [1.82, 2.24) is 16.0 Å². The molecule has 1 fully saturated rings. The zero-order valence-electron chi connectivity index (χ0n) is 17.4. The Hall–Kier alpha value is -2.13. The van der Waals surface area contributed by atoms with Gasteiger partial charge in [-0.3, -0.25) is 4.79 Å². The lowest BCUT2D eigenvalue weighted by atomic mass is 9.84. The molecule has 0 aliphatic heterocycles. The average Bonchev–Trinajstić information content (AvgIpc) is 3.25. The summed E-state index contributed by atoms with van der Waals surface area (Å²) in [5.41, 5.74) is 5.45. The van der Waals surface area contributed by atoms with Gasteiger partial charge in [-0.1, -0.05) is 38.2 Å². The van der Waals surface area contributed by atoms with Crippen molar-refractivity contribution in [3.8, 4) is 0 Å². The monoisotopic (exact) mass is 438 g/mol. The third-order valence-corrected chi connectivity index (χ3v) is 6.36. The van der Waals surface area contributed by atoms with E-state index in [0.717, 1.165) is 30.6 Å². The number of hydrogen-bond donors (Lipinski definition) is 5. The third kappa shape index (κ3) is 8.71. The lowest BCUT2D eigenvalue weighted by Crippen LogP contribution is -2.53. The normalized spacial score (nSPS) is 16.4. The first-order chi connectivity index (χ1) is 14.5. The van der Waals surface area contributed by atoms with E-state index in [-0.39, 0.29) is 5.91 Å². The van der Waals surface area contributed by atoms with Crippen molar-refractivity contribution in [1.29, 1.82) is 0 Å². The Morgan fingerprint density at radius 3 is 2.50 bits per heavy atom. The Balaban J connectivity index is 1.94. The van der Waals surface area contributed by atoms with E-state index in [2.05, 4.69) is 16.0 Å². The minimum Gasteiger partial charge on any atom is -0.480 e. The highest BCUT2D eigenvalue weighted by Crippen LogP contribution is 2.27. The molecule has 3 amide bonds. The van der Waals surface area contributed by atoms with Gasteiger partial charge in [-0.15, -0.1) is 11.3 Å². The van der Waals surface area contributed by atoms with Crippen molar-refractivity contribution in [2.75, 3.05) is 6.54 Å². The molecule has 0 unspecified atom stereocenters. The second-order valence-corrected chi connectivity index (χ2v) is 8.91. The van der Waals surface area contributed by atoms with Crippen LogP contribution in [0.2, 0.25) is 0 Å². The lowest BCUT2D eigenvalue weighted by molar-refractivity contribution is -0.139. The van der Waals surface area contributed by atoms with Gasteiger partial charge in [-0.25, -0.2) is 9.59 Å². The number of unbranched alkanes of at least 4 members (excludes halogenated alkanes) is 1. The summed E-state index contributed by atoms with van der Waals surface area (Å²) >= 11 is 1.56. The van der Waals surface area contributed by atoms with Crippen LogP contribution < -0.4 is 21.7 Å². The Bertz CT molecular complexity index is 662. The highest BCUT2D eigenvalue weighted by atomic mass is 32.1. The van der Waals surface area contributed by atoms with Gasteiger partial charge in [0.1, 0.15) is 12.1 Å². The van der Waals surface area contributed by atoms with E-state index in [1.807, 2.05) is 17.5 Å². The van der Waals surface area contributed by atoms with Gasteiger partial charge in [0.05, 0.1) is 6.54 Å². The number of carbonyl (C=O) groups is 3. The van der Waals surface area contributed by atoms with E-state index >= 15 is 0 Å². The van der Waals surface area contributed by atoms with E-state index in [0.29, 0.717) is 44.7 Å². The zero-order valence-corrected chi connectivity index (χ0v) is 18.2. The maximum absolute atomic E-state index is 12.8. The predicted octanol–water partition coefficient (Wildman–Crippen LogP) is 2.58. The van der Waals surface area contributed by atoms with Crippen LogP contribution in [0.1, 0.15) is 62.7 Å². The number of carboxylic acid groups (broad SMARTS) is 1.